The molecular weight excluding hydrogens is 284 g/mol. The molecule has 0 saturated heterocycles. The summed E-state index contributed by atoms with van der Waals surface area (Å²) in [7, 11) is -3.62. The van der Waals surface area contributed by atoms with Crippen molar-refractivity contribution in [2.24, 2.45) is 0 Å². The van der Waals surface area contributed by atoms with Gasteiger partial charge in [0.2, 0.25) is 0 Å². The van der Waals surface area contributed by atoms with Crippen molar-refractivity contribution in [1.29, 1.82) is 0 Å². The highest BCUT2D eigenvalue weighted by Gasteiger charge is 2.39. The fourth-order valence-electron chi connectivity index (χ4n) is 1.19. The minimum Gasteiger partial charge on any atom is -0.392 e. The van der Waals surface area contributed by atoms with Gasteiger partial charge in [-0.25, -0.2) is 0 Å². The van der Waals surface area contributed by atoms with Crippen molar-refractivity contribution in [3.8, 4) is 0 Å². The summed E-state index contributed by atoms with van der Waals surface area (Å²) in [5, 5.41) is 0.118. The lowest BCUT2D eigenvalue weighted by Crippen LogP contribution is -2.44. The number of hydrogen-bond acceptors (Lipinski definition) is 5. The first-order chi connectivity index (χ1) is 8.39. The highest BCUT2D eigenvalue weighted by molar-refractivity contribution is 7.85. The first-order valence-electron chi connectivity index (χ1n) is 6.44. The van der Waals surface area contributed by atoms with E-state index in [0.29, 0.717) is 12.8 Å². The molecule has 0 bridgehead atoms. The van der Waals surface area contributed by atoms with E-state index in [1.54, 1.807) is 7.11 Å². The maximum absolute atomic E-state index is 10.8. The second-order valence-corrected chi connectivity index (χ2v) is 12.6. The molecule has 0 heterocycles. The van der Waals surface area contributed by atoms with Gasteiger partial charge in [0, 0.05) is 7.11 Å². The monoisotopic (exact) mass is 312 g/mol. The summed E-state index contributed by atoms with van der Waals surface area (Å²) in [6, 6.07) is 0. The Balaban J connectivity index is 4.23. The fourth-order valence-corrected chi connectivity index (χ4v) is 2.84. The Labute approximate surface area is 118 Å². The standard InChI is InChI=1S/C12H28O5SSi/c1-12(2,3)19(6,7)17-11(15-4)9-8-10-16-18(5,13)14/h11H,8-10H2,1-7H3. The first kappa shape index (κ1) is 19.0. The third-order valence-electron chi connectivity index (χ3n) is 3.38. The Morgan fingerprint density at radius 1 is 1.21 bits per heavy atom. The Hall–Kier alpha value is 0.0469. The molecule has 1 atom stereocenters. The summed E-state index contributed by atoms with van der Waals surface area (Å²) in [6.07, 6.45) is 1.95. The normalized spacial score (nSPS) is 15.5. The molecule has 0 radical (unpaired) electrons. The van der Waals surface area contributed by atoms with Gasteiger partial charge in [-0.3, -0.25) is 4.18 Å². The minimum atomic E-state index is -3.36. The Bertz CT molecular complexity index is 359. The third kappa shape index (κ3) is 8.04. The number of hydrogen-bond donors (Lipinski definition) is 0. The molecule has 0 N–H and O–H groups in total. The van der Waals surface area contributed by atoms with Gasteiger partial charge in [0.25, 0.3) is 10.1 Å². The summed E-state index contributed by atoms with van der Waals surface area (Å²) in [5.74, 6) is 0. The molecule has 0 aliphatic heterocycles. The van der Waals surface area contributed by atoms with E-state index in [9.17, 15) is 8.42 Å². The van der Waals surface area contributed by atoms with Crippen LogP contribution in [-0.2, 0) is 23.5 Å². The van der Waals surface area contributed by atoms with Gasteiger partial charge in [0.05, 0.1) is 12.9 Å². The number of ether oxygens (including phenoxy) is 1. The van der Waals surface area contributed by atoms with E-state index in [1.165, 1.54) is 0 Å². The molecular formula is C12H28O5SSi. The maximum atomic E-state index is 10.8. The lowest BCUT2D eigenvalue weighted by atomic mass is 10.2. The van der Waals surface area contributed by atoms with Crippen molar-refractivity contribution in [2.45, 2.75) is 58.0 Å². The van der Waals surface area contributed by atoms with Gasteiger partial charge >= 0.3 is 0 Å². The zero-order valence-electron chi connectivity index (χ0n) is 13.1. The van der Waals surface area contributed by atoms with Crippen LogP contribution in [0.2, 0.25) is 18.1 Å². The van der Waals surface area contributed by atoms with Crippen LogP contribution in [0.5, 0.6) is 0 Å². The molecule has 0 aromatic heterocycles. The van der Waals surface area contributed by atoms with Gasteiger partial charge in [-0.1, -0.05) is 20.8 Å². The molecule has 19 heavy (non-hydrogen) atoms. The van der Waals surface area contributed by atoms with Crippen LogP contribution < -0.4 is 0 Å². The zero-order valence-corrected chi connectivity index (χ0v) is 15.0. The summed E-state index contributed by atoms with van der Waals surface area (Å²) in [6.45, 7) is 11.0. The van der Waals surface area contributed by atoms with Crippen molar-refractivity contribution < 1.29 is 21.8 Å². The van der Waals surface area contributed by atoms with E-state index in [-0.39, 0.29) is 17.9 Å². The number of rotatable bonds is 8. The molecule has 0 aromatic rings. The Morgan fingerprint density at radius 2 is 1.74 bits per heavy atom. The van der Waals surface area contributed by atoms with E-state index in [0.717, 1.165) is 6.26 Å². The van der Waals surface area contributed by atoms with Crippen LogP contribution in [0.25, 0.3) is 0 Å². The summed E-state index contributed by atoms with van der Waals surface area (Å²) >= 11 is 0. The maximum Gasteiger partial charge on any atom is 0.264 e. The molecule has 1 unspecified atom stereocenters. The van der Waals surface area contributed by atoms with E-state index < -0.39 is 18.4 Å². The molecule has 0 amide bonds. The van der Waals surface area contributed by atoms with Gasteiger partial charge in [-0.15, -0.1) is 0 Å². The predicted molar refractivity (Wildman–Crippen MR) is 79.1 cm³/mol. The molecule has 0 fully saturated rings. The summed E-state index contributed by atoms with van der Waals surface area (Å²) in [5.41, 5.74) is 0. The van der Waals surface area contributed by atoms with Crippen LogP contribution in [0.1, 0.15) is 33.6 Å². The van der Waals surface area contributed by atoms with Gasteiger partial charge in [0.15, 0.2) is 8.32 Å². The van der Waals surface area contributed by atoms with Gasteiger partial charge in [-0.05, 0) is 31.0 Å². The van der Waals surface area contributed by atoms with Crippen LogP contribution in [0.4, 0.5) is 0 Å². The second kappa shape index (κ2) is 7.17. The second-order valence-electron chi connectivity index (χ2n) is 6.21. The molecule has 0 aromatic carbocycles. The van der Waals surface area contributed by atoms with E-state index in [2.05, 4.69) is 33.9 Å². The first-order valence-corrected chi connectivity index (χ1v) is 11.2. The predicted octanol–water partition coefficient (Wildman–Crippen LogP) is 2.74. The van der Waals surface area contributed by atoms with Crippen molar-refractivity contribution in [2.75, 3.05) is 20.0 Å². The molecule has 0 aliphatic rings. The smallest absolute Gasteiger partial charge is 0.264 e. The van der Waals surface area contributed by atoms with Gasteiger partial charge in [-0.2, -0.15) is 8.42 Å². The van der Waals surface area contributed by atoms with Crippen LogP contribution in [0, 0.1) is 0 Å². The molecule has 0 rings (SSSR count). The lowest BCUT2D eigenvalue weighted by molar-refractivity contribution is -0.0696. The van der Waals surface area contributed by atoms with Crippen molar-refractivity contribution in [3.05, 3.63) is 0 Å². The molecule has 7 heteroatoms. The lowest BCUT2D eigenvalue weighted by Gasteiger charge is -2.38. The molecule has 0 spiro atoms. The highest BCUT2D eigenvalue weighted by atomic mass is 32.2. The van der Waals surface area contributed by atoms with Crippen LogP contribution in [0.15, 0.2) is 0 Å². The topological polar surface area (TPSA) is 61.8 Å². The average Bonchev–Trinajstić information content (AvgIpc) is 2.19. The van der Waals surface area contributed by atoms with Crippen molar-refractivity contribution >= 4 is 18.4 Å². The minimum absolute atomic E-state index is 0.118. The largest absolute Gasteiger partial charge is 0.392 e. The Kier molecular flexibility index (Phi) is 7.19. The van der Waals surface area contributed by atoms with E-state index >= 15 is 0 Å². The molecule has 5 nitrogen and oxygen atoms in total. The Morgan fingerprint density at radius 3 is 2.11 bits per heavy atom. The molecule has 0 aliphatic carbocycles. The van der Waals surface area contributed by atoms with Crippen molar-refractivity contribution in [1.82, 2.24) is 0 Å². The van der Waals surface area contributed by atoms with E-state index in [4.69, 9.17) is 13.3 Å². The highest BCUT2D eigenvalue weighted by Crippen LogP contribution is 2.37. The van der Waals surface area contributed by atoms with Crippen LogP contribution >= 0.6 is 0 Å². The quantitative estimate of drug-likeness (QED) is 0.298. The van der Waals surface area contributed by atoms with Gasteiger partial charge < -0.3 is 9.16 Å². The SMILES string of the molecule is COC(CCCOS(C)(=O)=O)O[Si](C)(C)C(C)(C)C. The molecule has 116 valence electrons. The average molecular weight is 313 g/mol. The zero-order chi connectivity index (χ0) is 15.3. The third-order valence-corrected chi connectivity index (χ3v) is 8.44. The van der Waals surface area contributed by atoms with Crippen LogP contribution in [0.3, 0.4) is 0 Å². The van der Waals surface area contributed by atoms with Crippen LogP contribution in [-0.4, -0.2) is 43.0 Å². The summed E-state index contributed by atoms with van der Waals surface area (Å²) in [4.78, 5) is 0. The summed E-state index contributed by atoms with van der Waals surface area (Å²) < 4.78 is 37.8. The van der Waals surface area contributed by atoms with Crippen molar-refractivity contribution in [3.63, 3.8) is 0 Å². The molecule has 0 saturated carbocycles. The fraction of sp³-hybridized carbons (Fsp3) is 1.00. The van der Waals surface area contributed by atoms with E-state index in [1.807, 2.05) is 0 Å². The number of methoxy groups -OCH3 is 1. The van der Waals surface area contributed by atoms with Gasteiger partial charge in [0.1, 0.15) is 6.29 Å².